The maximum absolute atomic E-state index is 6.20. The van der Waals surface area contributed by atoms with Gasteiger partial charge in [-0.05, 0) is 36.2 Å². The Hall–Kier alpha value is -2.23. The molecule has 2 nitrogen and oxygen atoms in total. The van der Waals surface area contributed by atoms with Gasteiger partial charge in [0.25, 0.3) is 0 Å². The lowest BCUT2D eigenvalue weighted by molar-refractivity contribution is 0.0868. The topological polar surface area (TPSA) is 21.6 Å². The molecule has 0 amide bonds. The van der Waals surface area contributed by atoms with Crippen molar-refractivity contribution < 1.29 is 4.74 Å². The molecule has 0 saturated carbocycles. The van der Waals surface area contributed by atoms with Gasteiger partial charge in [0.1, 0.15) is 0 Å². The second-order valence-corrected chi connectivity index (χ2v) is 7.15. The van der Waals surface area contributed by atoms with Crippen LogP contribution < -0.4 is 0 Å². The van der Waals surface area contributed by atoms with Crippen molar-refractivity contribution in [1.29, 1.82) is 0 Å². The number of halogens is 1. The van der Waals surface area contributed by atoms with Gasteiger partial charge in [-0.15, -0.1) is 0 Å². The minimum Gasteiger partial charge on any atom is -0.362 e. The first-order chi connectivity index (χ1) is 12.1. The molecule has 0 radical (unpaired) electrons. The highest BCUT2D eigenvalue weighted by molar-refractivity contribution is 9.10. The van der Waals surface area contributed by atoms with Crippen LogP contribution in [0.25, 0.3) is 0 Å². The highest BCUT2D eigenvalue weighted by Gasteiger charge is 2.46. The molecule has 25 heavy (non-hydrogen) atoms. The summed E-state index contributed by atoms with van der Waals surface area (Å²) in [4.78, 5) is 4.95. The van der Waals surface area contributed by atoms with Gasteiger partial charge in [-0.2, -0.15) is 0 Å². The molecule has 3 aromatic rings. The van der Waals surface area contributed by atoms with Crippen LogP contribution in [-0.4, -0.2) is 12.8 Å². The molecule has 0 aliphatic carbocycles. The molecule has 1 aliphatic heterocycles. The van der Waals surface area contributed by atoms with Crippen molar-refractivity contribution in [3.63, 3.8) is 0 Å². The fourth-order valence-electron chi connectivity index (χ4n) is 3.48. The summed E-state index contributed by atoms with van der Waals surface area (Å²) in [6.45, 7) is 2.09. The Morgan fingerprint density at radius 1 is 0.880 bits per heavy atom. The number of benzene rings is 3. The van der Waals surface area contributed by atoms with Gasteiger partial charge in [0.2, 0.25) is 0 Å². The molecular weight excluding hydrogens is 374 g/mol. The SMILES string of the molecule is COC1(c2ccc(Br)cc2)C(c2ccc(C)cc2)=Nc2ccccc21. The van der Waals surface area contributed by atoms with Gasteiger partial charge in [-0.3, -0.25) is 0 Å². The molecular formula is C22H18BrNO. The zero-order valence-corrected chi connectivity index (χ0v) is 15.7. The lowest BCUT2D eigenvalue weighted by Crippen LogP contribution is -2.37. The molecule has 0 N–H and O–H groups in total. The van der Waals surface area contributed by atoms with Gasteiger partial charge in [0.05, 0.1) is 11.4 Å². The van der Waals surface area contributed by atoms with Crippen LogP contribution in [0.2, 0.25) is 0 Å². The summed E-state index contributed by atoms with van der Waals surface area (Å²) in [7, 11) is 1.76. The second-order valence-electron chi connectivity index (χ2n) is 6.24. The minimum atomic E-state index is -0.702. The highest BCUT2D eigenvalue weighted by Crippen LogP contribution is 2.47. The first kappa shape index (κ1) is 16.2. The van der Waals surface area contributed by atoms with Crippen LogP contribution in [0.4, 0.5) is 5.69 Å². The lowest BCUT2D eigenvalue weighted by atomic mass is 9.80. The zero-order chi connectivity index (χ0) is 17.4. The summed E-state index contributed by atoms with van der Waals surface area (Å²) in [5.74, 6) is 0. The monoisotopic (exact) mass is 391 g/mol. The molecule has 0 fully saturated rings. The van der Waals surface area contributed by atoms with Crippen molar-refractivity contribution in [3.05, 3.63) is 99.5 Å². The summed E-state index contributed by atoms with van der Waals surface area (Å²) >= 11 is 3.52. The summed E-state index contributed by atoms with van der Waals surface area (Å²) in [5, 5.41) is 0. The fourth-order valence-corrected chi connectivity index (χ4v) is 3.74. The van der Waals surface area contributed by atoms with E-state index in [2.05, 4.69) is 65.3 Å². The van der Waals surface area contributed by atoms with E-state index >= 15 is 0 Å². The van der Waals surface area contributed by atoms with Gasteiger partial charge >= 0.3 is 0 Å². The maximum atomic E-state index is 6.20. The molecule has 124 valence electrons. The predicted molar refractivity (Wildman–Crippen MR) is 106 cm³/mol. The van der Waals surface area contributed by atoms with E-state index in [0.717, 1.165) is 32.6 Å². The number of fused-ring (bicyclic) bond motifs is 1. The first-order valence-corrected chi connectivity index (χ1v) is 9.01. The number of ether oxygens (including phenoxy) is 1. The number of hydrogen-bond donors (Lipinski definition) is 0. The fraction of sp³-hybridized carbons (Fsp3) is 0.136. The number of rotatable bonds is 3. The Labute approximate surface area is 156 Å². The van der Waals surface area contributed by atoms with E-state index in [9.17, 15) is 0 Å². The van der Waals surface area contributed by atoms with Crippen LogP contribution >= 0.6 is 15.9 Å². The molecule has 0 spiro atoms. The standard InChI is InChI=1S/C22H18BrNO/c1-15-7-9-16(10-8-15)21-22(25-2,17-11-13-18(23)14-12-17)19-5-3-4-6-20(19)24-21/h3-14H,1-2H3. The predicted octanol–water partition coefficient (Wildman–Crippen LogP) is 5.78. The van der Waals surface area contributed by atoms with Crippen molar-refractivity contribution in [2.45, 2.75) is 12.5 Å². The quantitative estimate of drug-likeness (QED) is 0.554. The largest absolute Gasteiger partial charge is 0.362 e. The van der Waals surface area contributed by atoms with Crippen molar-refractivity contribution in [2.24, 2.45) is 4.99 Å². The molecule has 1 heterocycles. The molecule has 0 aromatic heterocycles. The van der Waals surface area contributed by atoms with Gasteiger partial charge in [0.15, 0.2) is 5.60 Å². The molecule has 0 bridgehead atoms. The third-order valence-electron chi connectivity index (χ3n) is 4.73. The van der Waals surface area contributed by atoms with Gasteiger partial charge in [-0.1, -0.05) is 76.1 Å². The van der Waals surface area contributed by atoms with Gasteiger partial charge in [-0.25, -0.2) is 4.99 Å². The zero-order valence-electron chi connectivity index (χ0n) is 14.2. The van der Waals surface area contributed by atoms with E-state index < -0.39 is 5.60 Å². The lowest BCUT2D eigenvalue weighted by Gasteiger charge is -2.31. The van der Waals surface area contributed by atoms with E-state index in [1.54, 1.807) is 7.11 Å². The van der Waals surface area contributed by atoms with Crippen molar-refractivity contribution in [1.82, 2.24) is 0 Å². The Balaban J connectivity index is 1.98. The normalized spacial score (nSPS) is 18.8. The van der Waals surface area contributed by atoms with E-state index in [0.29, 0.717) is 0 Å². The van der Waals surface area contributed by atoms with Gasteiger partial charge < -0.3 is 4.74 Å². The third-order valence-corrected chi connectivity index (χ3v) is 5.26. The van der Waals surface area contributed by atoms with E-state index in [4.69, 9.17) is 9.73 Å². The van der Waals surface area contributed by atoms with Crippen LogP contribution in [0.5, 0.6) is 0 Å². The minimum absolute atomic E-state index is 0.702. The van der Waals surface area contributed by atoms with Gasteiger partial charge in [0, 0.05) is 17.1 Å². The van der Waals surface area contributed by atoms with Crippen LogP contribution in [0.15, 0.2) is 82.3 Å². The van der Waals surface area contributed by atoms with E-state index in [-0.39, 0.29) is 0 Å². The smallest absolute Gasteiger partial charge is 0.162 e. The van der Waals surface area contributed by atoms with Crippen LogP contribution in [0, 0.1) is 6.92 Å². The molecule has 3 aromatic carbocycles. The van der Waals surface area contributed by atoms with E-state index in [1.165, 1.54) is 5.56 Å². The second kappa shape index (κ2) is 6.25. The summed E-state index contributed by atoms with van der Waals surface area (Å²) in [6, 6.07) is 25.0. The van der Waals surface area contributed by atoms with Crippen molar-refractivity contribution >= 4 is 27.3 Å². The molecule has 3 heteroatoms. The Morgan fingerprint density at radius 3 is 2.24 bits per heavy atom. The van der Waals surface area contributed by atoms with Crippen molar-refractivity contribution in [2.75, 3.05) is 7.11 Å². The highest BCUT2D eigenvalue weighted by atomic mass is 79.9. The van der Waals surface area contributed by atoms with E-state index in [1.807, 2.05) is 30.3 Å². The van der Waals surface area contributed by atoms with Crippen LogP contribution in [0.3, 0.4) is 0 Å². The molecule has 1 atom stereocenters. The number of aryl methyl sites for hydroxylation is 1. The molecule has 1 unspecified atom stereocenters. The average Bonchev–Trinajstić information content (AvgIpc) is 2.98. The summed E-state index contributed by atoms with van der Waals surface area (Å²) in [5.41, 5.74) is 5.64. The van der Waals surface area contributed by atoms with Crippen LogP contribution in [0.1, 0.15) is 22.3 Å². The number of methoxy groups -OCH3 is 1. The van der Waals surface area contributed by atoms with Crippen molar-refractivity contribution in [3.8, 4) is 0 Å². The Morgan fingerprint density at radius 2 is 1.56 bits per heavy atom. The molecule has 4 rings (SSSR count). The number of hydrogen-bond acceptors (Lipinski definition) is 2. The average molecular weight is 392 g/mol. The third kappa shape index (κ3) is 2.55. The molecule has 0 saturated heterocycles. The summed E-state index contributed by atoms with van der Waals surface area (Å²) in [6.07, 6.45) is 0. The maximum Gasteiger partial charge on any atom is 0.162 e. The molecule has 1 aliphatic rings. The van der Waals surface area contributed by atoms with Crippen LogP contribution in [-0.2, 0) is 10.3 Å². The number of aliphatic imine (C=N–C) groups is 1. The first-order valence-electron chi connectivity index (χ1n) is 8.22. The Kier molecular flexibility index (Phi) is 4.06. The Bertz CT molecular complexity index is 945. The summed E-state index contributed by atoms with van der Waals surface area (Å²) < 4.78 is 7.25. The number of nitrogens with zero attached hydrogens (tertiary/aromatic N) is 1. The number of para-hydroxylation sites is 1.